The Kier molecular flexibility index (Phi) is 2.96. The number of hydrogen-bond acceptors (Lipinski definition) is 3. The van der Waals surface area contributed by atoms with Gasteiger partial charge in [-0.1, -0.05) is 6.07 Å². The molecule has 0 fully saturated rings. The lowest BCUT2D eigenvalue weighted by Crippen LogP contribution is -2.06. The van der Waals surface area contributed by atoms with Crippen molar-refractivity contribution in [3.05, 3.63) is 48.8 Å². The van der Waals surface area contributed by atoms with Crippen LogP contribution in [0.1, 0.15) is 12.2 Å². The first kappa shape index (κ1) is 10.8. The van der Waals surface area contributed by atoms with Crippen molar-refractivity contribution in [2.45, 2.75) is 12.8 Å². The lowest BCUT2D eigenvalue weighted by molar-refractivity contribution is 0.812. The molecule has 18 heavy (non-hydrogen) atoms. The number of aromatic amines is 1. The zero-order valence-corrected chi connectivity index (χ0v) is 10.0. The summed E-state index contributed by atoms with van der Waals surface area (Å²) >= 11 is 0. The van der Waals surface area contributed by atoms with Gasteiger partial charge in [0.1, 0.15) is 17.3 Å². The maximum absolute atomic E-state index is 4.26. The highest BCUT2D eigenvalue weighted by molar-refractivity contribution is 5.49. The van der Waals surface area contributed by atoms with Crippen molar-refractivity contribution in [2.24, 2.45) is 0 Å². The Morgan fingerprint density at radius 2 is 2.22 bits per heavy atom. The fourth-order valence-corrected chi connectivity index (χ4v) is 2.00. The highest BCUT2D eigenvalue weighted by Gasteiger charge is 1.99. The molecule has 0 bridgehead atoms. The van der Waals surface area contributed by atoms with E-state index in [0.29, 0.717) is 0 Å². The monoisotopic (exact) mass is 241 g/mol. The van der Waals surface area contributed by atoms with E-state index in [9.17, 15) is 0 Å². The van der Waals surface area contributed by atoms with Gasteiger partial charge < -0.3 is 10.3 Å². The molecule has 2 N–H and O–H groups in total. The molecule has 0 amide bonds. The van der Waals surface area contributed by atoms with Crippen LogP contribution in [0.2, 0.25) is 0 Å². The van der Waals surface area contributed by atoms with Crippen LogP contribution in [0.15, 0.2) is 43.0 Å². The predicted molar refractivity (Wildman–Crippen MR) is 70.6 cm³/mol. The Morgan fingerprint density at radius 3 is 3.11 bits per heavy atom. The quantitative estimate of drug-likeness (QED) is 0.672. The van der Waals surface area contributed by atoms with Gasteiger partial charge in [-0.3, -0.25) is 4.40 Å². The van der Waals surface area contributed by atoms with E-state index in [-0.39, 0.29) is 0 Å². The third kappa shape index (κ3) is 2.20. The second-order valence-electron chi connectivity index (χ2n) is 4.13. The molecule has 0 aliphatic rings. The maximum Gasteiger partial charge on any atom is 0.138 e. The third-order valence-electron chi connectivity index (χ3n) is 2.88. The van der Waals surface area contributed by atoms with Crippen LogP contribution in [0.25, 0.3) is 5.65 Å². The number of H-pyrrole nitrogens is 1. The van der Waals surface area contributed by atoms with Crippen molar-refractivity contribution in [3.63, 3.8) is 0 Å². The van der Waals surface area contributed by atoms with Crippen LogP contribution in [0.4, 0.5) is 5.82 Å². The lowest BCUT2D eigenvalue weighted by atomic mass is 10.3. The fraction of sp³-hybridized carbons (Fsp3) is 0.231. The Bertz CT molecular complexity index is 611. The van der Waals surface area contributed by atoms with Crippen molar-refractivity contribution >= 4 is 11.5 Å². The number of fused-ring (bicyclic) bond motifs is 1. The molecule has 5 nitrogen and oxygen atoms in total. The highest BCUT2D eigenvalue weighted by Crippen LogP contribution is 2.10. The molecular weight excluding hydrogens is 226 g/mol. The van der Waals surface area contributed by atoms with Crippen LogP contribution in [0, 0.1) is 0 Å². The van der Waals surface area contributed by atoms with Crippen LogP contribution in [-0.4, -0.2) is 25.9 Å². The Balaban J connectivity index is 1.58. The van der Waals surface area contributed by atoms with Gasteiger partial charge in [0.05, 0.1) is 0 Å². The first-order chi connectivity index (χ1) is 8.93. The Morgan fingerprint density at radius 1 is 1.22 bits per heavy atom. The Labute approximate surface area is 105 Å². The van der Waals surface area contributed by atoms with E-state index in [0.717, 1.165) is 36.7 Å². The molecule has 0 spiro atoms. The van der Waals surface area contributed by atoms with Gasteiger partial charge in [0.25, 0.3) is 0 Å². The molecule has 0 saturated heterocycles. The Hall–Kier alpha value is -2.30. The number of nitrogens with one attached hydrogen (secondary N) is 2. The second-order valence-corrected chi connectivity index (χ2v) is 4.13. The second kappa shape index (κ2) is 4.91. The number of anilines is 1. The minimum atomic E-state index is 0.915. The fourth-order valence-electron chi connectivity index (χ4n) is 2.00. The molecule has 3 heterocycles. The molecule has 3 aromatic heterocycles. The van der Waals surface area contributed by atoms with Crippen molar-refractivity contribution in [1.82, 2.24) is 19.4 Å². The normalized spacial score (nSPS) is 10.9. The van der Waals surface area contributed by atoms with Crippen LogP contribution < -0.4 is 5.32 Å². The largest absolute Gasteiger partial charge is 0.371 e. The topological polar surface area (TPSA) is 58.0 Å². The number of hydrogen-bond donors (Lipinski definition) is 2. The van der Waals surface area contributed by atoms with E-state index in [4.69, 9.17) is 0 Å². The van der Waals surface area contributed by atoms with E-state index in [1.54, 1.807) is 6.20 Å². The van der Waals surface area contributed by atoms with Gasteiger partial charge >= 0.3 is 0 Å². The zero-order chi connectivity index (χ0) is 12.2. The number of imidazole rings is 2. The predicted octanol–water partition coefficient (Wildman–Crippen LogP) is 2.10. The molecular formula is C13H15N5. The maximum atomic E-state index is 4.26. The van der Waals surface area contributed by atoms with Gasteiger partial charge in [0, 0.05) is 37.8 Å². The molecule has 0 atom stereocenters. The summed E-state index contributed by atoms with van der Waals surface area (Å²) in [5.74, 6) is 2.11. The molecule has 0 saturated carbocycles. The van der Waals surface area contributed by atoms with Crippen LogP contribution in [0.3, 0.4) is 0 Å². The average molecular weight is 241 g/mol. The van der Waals surface area contributed by atoms with Crippen molar-refractivity contribution in [2.75, 3.05) is 11.9 Å². The first-order valence-corrected chi connectivity index (χ1v) is 6.08. The molecule has 0 aromatic carbocycles. The van der Waals surface area contributed by atoms with Gasteiger partial charge in [-0.15, -0.1) is 0 Å². The highest BCUT2D eigenvalue weighted by atomic mass is 15.1. The smallest absolute Gasteiger partial charge is 0.138 e. The molecule has 92 valence electrons. The van der Waals surface area contributed by atoms with E-state index in [2.05, 4.69) is 26.3 Å². The lowest BCUT2D eigenvalue weighted by Gasteiger charge is -2.08. The van der Waals surface area contributed by atoms with E-state index >= 15 is 0 Å². The molecule has 5 heteroatoms. The average Bonchev–Trinajstić information content (AvgIpc) is 3.05. The number of aromatic nitrogens is 4. The summed E-state index contributed by atoms with van der Waals surface area (Å²) in [5, 5.41) is 3.42. The summed E-state index contributed by atoms with van der Waals surface area (Å²) in [6.45, 7) is 0.915. The summed E-state index contributed by atoms with van der Waals surface area (Å²) in [6, 6.07) is 6.06. The zero-order valence-electron chi connectivity index (χ0n) is 10.0. The molecule has 0 aliphatic heterocycles. The minimum absolute atomic E-state index is 0.915. The standard InChI is InChI=1S/C13H15N5/c1-4-12(18-10-9-17-13(18)5-1)16-6-2-3-11-14-7-8-15-11/h1,4-5,7-10,16H,2-3,6H2,(H,14,15). The van der Waals surface area contributed by atoms with Crippen molar-refractivity contribution in [3.8, 4) is 0 Å². The SMILES string of the molecule is c1cc(NCCCc2ncc[nH]2)n2ccnc2c1. The minimum Gasteiger partial charge on any atom is -0.371 e. The van der Waals surface area contributed by atoms with Gasteiger partial charge in [-0.2, -0.15) is 0 Å². The van der Waals surface area contributed by atoms with Gasteiger partial charge in [0.15, 0.2) is 0 Å². The van der Waals surface area contributed by atoms with Gasteiger partial charge in [-0.25, -0.2) is 9.97 Å². The number of rotatable bonds is 5. The number of aryl methyl sites for hydroxylation is 1. The molecule has 0 radical (unpaired) electrons. The summed E-state index contributed by atoms with van der Waals surface area (Å²) < 4.78 is 2.05. The van der Waals surface area contributed by atoms with Gasteiger partial charge in [0.2, 0.25) is 0 Å². The number of nitrogens with zero attached hydrogens (tertiary/aromatic N) is 3. The van der Waals surface area contributed by atoms with E-state index in [1.165, 1.54) is 0 Å². The van der Waals surface area contributed by atoms with Crippen LogP contribution >= 0.6 is 0 Å². The summed E-state index contributed by atoms with van der Waals surface area (Å²) in [5.41, 5.74) is 0.964. The summed E-state index contributed by atoms with van der Waals surface area (Å²) in [7, 11) is 0. The van der Waals surface area contributed by atoms with Crippen LogP contribution in [-0.2, 0) is 6.42 Å². The van der Waals surface area contributed by atoms with Crippen molar-refractivity contribution in [1.29, 1.82) is 0 Å². The van der Waals surface area contributed by atoms with Crippen molar-refractivity contribution < 1.29 is 0 Å². The van der Waals surface area contributed by atoms with Gasteiger partial charge in [-0.05, 0) is 18.6 Å². The third-order valence-corrected chi connectivity index (χ3v) is 2.88. The van der Waals surface area contributed by atoms with E-state index < -0.39 is 0 Å². The molecule has 3 rings (SSSR count). The molecule has 3 aromatic rings. The summed E-state index contributed by atoms with van der Waals surface area (Å²) in [6.07, 6.45) is 9.41. The molecule has 0 unspecified atom stereocenters. The van der Waals surface area contributed by atoms with Crippen LogP contribution in [0.5, 0.6) is 0 Å². The van der Waals surface area contributed by atoms with E-state index in [1.807, 2.05) is 35.1 Å². The first-order valence-electron chi connectivity index (χ1n) is 6.08. The number of pyridine rings is 1. The summed E-state index contributed by atoms with van der Waals surface area (Å²) in [4.78, 5) is 11.6. The molecule has 0 aliphatic carbocycles.